The molecule has 3 aromatic rings. The maximum Gasteiger partial charge on any atom is 0.269 e. The second-order valence-electron chi connectivity index (χ2n) is 5.10. The van der Waals surface area contributed by atoms with Crippen LogP contribution in [0.5, 0.6) is 0 Å². The standard InChI is InChI=1S/C14H14N4O3S/c1-8-12-13(17-16-8)15-9(2)18(14(12)19)10-4-6-11(7-5-10)22(3,20)21/h4-7H,1-3H3,(H,16,17). The van der Waals surface area contributed by atoms with Gasteiger partial charge in [-0.25, -0.2) is 13.4 Å². The highest BCUT2D eigenvalue weighted by Gasteiger charge is 2.14. The Morgan fingerprint density at radius 3 is 2.36 bits per heavy atom. The van der Waals surface area contributed by atoms with E-state index in [2.05, 4.69) is 15.2 Å². The van der Waals surface area contributed by atoms with Gasteiger partial charge in [-0.05, 0) is 38.1 Å². The third-order valence-electron chi connectivity index (χ3n) is 3.47. The number of hydrogen-bond donors (Lipinski definition) is 1. The maximum atomic E-state index is 12.7. The second kappa shape index (κ2) is 4.77. The van der Waals surface area contributed by atoms with E-state index in [-0.39, 0.29) is 10.5 Å². The van der Waals surface area contributed by atoms with Gasteiger partial charge in [-0.1, -0.05) is 0 Å². The first-order valence-electron chi connectivity index (χ1n) is 6.54. The average molecular weight is 318 g/mol. The Morgan fingerprint density at radius 1 is 1.14 bits per heavy atom. The van der Waals surface area contributed by atoms with E-state index in [1.165, 1.54) is 16.7 Å². The summed E-state index contributed by atoms with van der Waals surface area (Å²) in [7, 11) is -3.27. The number of nitrogens with zero attached hydrogens (tertiary/aromatic N) is 3. The smallest absolute Gasteiger partial charge is 0.268 e. The lowest BCUT2D eigenvalue weighted by atomic mass is 10.2. The van der Waals surface area contributed by atoms with Gasteiger partial charge >= 0.3 is 0 Å². The fourth-order valence-corrected chi connectivity index (χ4v) is 3.00. The molecule has 0 atom stereocenters. The lowest BCUT2D eigenvalue weighted by Crippen LogP contribution is -2.22. The van der Waals surface area contributed by atoms with Gasteiger partial charge in [0, 0.05) is 6.26 Å². The Morgan fingerprint density at radius 2 is 1.77 bits per heavy atom. The molecular formula is C14H14N4O3S. The summed E-state index contributed by atoms with van der Waals surface area (Å²) >= 11 is 0. The number of nitrogens with one attached hydrogen (secondary N) is 1. The number of aryl methyl sites for hydroxylation is 2. The van der Waals surface area contributed by atoms with Crippen LogP contribution in [0.15, 0.2) is 34.0 Å². The molecule has 2 aromatic heterocycles. The lowest BCUT2D eigenvalue weighted by molar-refractivity contribution is 0.602. The molecule has 8 heteroatoms. The highest BCUT2D eigenvalue weighted by Crippen LogP contribution is 2.16. The molecule has 2 heterocycles. The molecule has 0 aliphatic rings. The fraction of sp³-hybridized carbons (Fsp3) is 0.214. The first-order valence-corrected chi connectivity index (χ1v) is 8.43. The number of aromatic nitrogens is 4. The third kappa shape index (κ3) is 2.21. The van der Waals surface area contributed by atoms with Gasteiger partial charge in [0.1, 0.15) is 11.2 Å². The molecule has 114 valence electrons. The van der Waals surface area contributed by atoms with E-state index in [9.17, 15) is 13.2 Å². The first-order chi connectivity index (χ1) is 10.3. The second-order valence-corrected chi connectivity index (χ2v) is 7.11. The Kier molecular flexibility index (Phi) is 3.13. The summed E-state index contributed by atoms with van der Waals surface area (Å²) in [5.41, 5.74) is 1.35. The van der Waals surface area contributed by atoms with Crippen molar-refractivity contribution < 1.29 is 8.42 Å². The van der Waals surface area contributed by atoms with Crippen LogP contribution in [0.2, 0.25) is 0 Å². The van der Waals surface area contributed by atoms with Crippen molar-refractivity contribution in [3.8, 4) is 5.69 Å². The molecule has 1 aromatic carbocycles. The number of H-pyrrole nitrogens is 1. The monoisotopic (exact) mass is 318 g/mol. The molecule has 0 saturated heterocycles. The summed E-state index contributed by atoms with van der Waals surface area (Å²) in [5, 5.41) is 7.15. The highest BCUT2D eigenvalue weighted by molar-refractivity contribution is 7.90. The number of rotatable bonds is 2. The molecule has 7 nitrogen and oxygen atoms in total. The number of aromatic amines is 1. The number of sulfone groups is 1. The zero-order chi connectivity index (χ0) is 16.1. The van der Waals surface area contributed by atoms with Gasteiger partial charge in [0.15, 0.2) is 15.5 Å². The third-order valence-corrected chi connectivity index (χ3v) is 4.59. The van der Waals surface area contributed by atoms with Crippen molar-refractivity contribution in [1.82, 2.24) is 19.7 Å². The predicted molar refractivity (Wildman–Crippen MR) is 82.1 cm³/mol. The Bertz CT molecular complexity index is 1030. The minimum atomic E-state index is -3.27. The predicted octanol–water partition coefficient (Wildman–Crippen LogP) is 1.13. The van der Waals surface area contributed by atoms with E-state index >= 15 is 0 Å². The summed E-state index contributed by atoms with van der Waals surface area (Å²) in [6, 6.07) is 6.13. The molecule has 0 saturated carbocycles. The summed E-state index contributed by atoms with van der Waals surface area (Å²) in [6.07, 6.45) is 1.14. The van der Waals surface area contributed by atoms with E-state index in [1.54, 1.807) is 26.0 Å². The van der Waals surface area contributed by atoms with Crippen molar-refractivity contribution in [1.29, 1.82) is 0 Å². The molecule has 0 amide bonds. The van der Waals surface area contributed by atoms with Crippen molar-refractivity contribution >= 4 is 20.9 Å². The molecule has 0 aliphatic heterocycles. The molecule has 22 heavy (non-hydrogen) atoms. The zero-order valence-electron chi connectivity index (χ0n) is 12.3. The zero-order valence-corrected chi connectivity index (χ0v) is 13.1. The summed E-state index contributed by atoms with van der Waals surface area (Å²) in [5.74, 6) is 0.494. The summed E-state index contributed by atoms with van der Waals surface area (Å²) in [4.78, 5) is 17.2. The van der Waals surface area contributed by atoms with Crippen LogP contribution in [-0.2, 0) is 9.84 Å². The van der Waals surface area contributed by atoms with Crippen LogP contribution in [0.3, 0.4) is 0 Å². The van der Waals surface area contributed by atoms with Crippen molar-refractivity contribution in [2.75, 3.05) is 6.26 Å². The average Bonchev–Trinajstić information content (AvgIpc) is 2.79. The van der Waals surface area contributed by atoms with Crippen molar-refractivity contribution in [2.24, 2.45) is 0 Å². The molecular weight excluding hydrogens is 304 g/mol. The Balaban J connectivity index is 2.26. The van der Waals surface area contributed by atoms with Crippen LogP contribution in [-0.4, -0.2) is 34.4 Å². The van der Waals surface area contributed by atoms with E-state index in [0.717, 1.165) is 6.26 Å². The van der Waals surface area contributed by atoms with Crippen LogP contribution in [0.1, 0.15) is 11.5 Å². The minimum Gasteiger partial charge on any atom is -0.268 e. The first kappa shape index (κ1) is 14.5. The molecule has 1 N–H and O–H groups in total. The maximum absolute atomic E-state index is 12.7. The molecule has 0 radical (unpaired) electrons. The van der Waals surface area contributed by atoms with Crippen molar-refractivity contribution in [2.45, 2.75) is 18.7 Å². The van der Waals surface area contributed by atoms with Crippen molar-refractivity contribution in [3.05, 3.63) is 46.1 Å². The minimum absolute atomic E-state index is 0.204. The van der Waals surface area contributed by atoms with Crippen LogP contribution in [0.25, 0.3) is 16.7 Å². The van der Waals surface area contributed by atoms with Gasteiger partial charge in [-0.15, -0.1) is 0 Å². The Labute approximate surface area is 126 Å². The van der Waals surface area contributed by atoms with E-state index < -0.39 is 9.84 Å². The summed E-state index contributed by atoms with van der Waals surface area (Å²) in [6.45, 7) is 3.44. The SMILES string of the molecule is Cc1n[nH]c2nc(C)n(-c3ccc(S(C)(=O)=O)cc3)c(=O)c12. The van der Waals surface area contributed by atoms with Crippen LogP contribution < -0.4 is 5.56 Å². The fourth-order valence-electron chi connectivity index (χ4n) is 2.37. The molecule has 3 rings (SSSR count). The largest absolute Gasteiger partial charge is 0.269 e. The van der Waals surface area contributed by atoms with Gasteiger partial charge in [-0.3, -0.25) is 14.5 Å². The van der Waals surface area contributed by atoms with Gasteiger partial charge in [0.2, 0.25) is 0 Å². The normalized spacial score (nSPS) is 12.0. The Hall–Kier alpha value is -2.48. The van der Waals surface area contributed by atoms with E-state index in [1.807, 2.05) is 0 Å². The quantitative estimate of drug-likeness (QED) is 0.764. The number of benzene rings is 1. The molecule has 0 unspecified atom stereocenters. The molecule has 0 aliphatic carbocycles. The molecule has 0 fully saturated rings. The van der Waals surface area contributed by atoms with Gasteiger partial charge < -0.3 is 0 Å². The molecule has 0 spiro atoms. The van der Waals surface area contributed by atoms with Gasteiger partial charge in [-0.2, -0.15) is 5.10 Å². The van der Waals surface area contributed by atoms with E-state index in [4.69, 9.17) is 0 Å². The summed E-state index contributed by atoms with van der Waals surface area (Å²) < 4.78 is 24.5. The highest BCUT2D eigenvalue weighted by atomic mass is 32.2. The van der Waals surface area contributed by atoms with Crippen LogP contribution >= 0.6 is 0 Å². The van der Waals surface area contributed by atoms with Gasteiger partial charge in [0.25, 0.3) is 5.56 Å². The number of fused-ring (bicyclic) bond motifs is 1. The van der Waals surface area contributed by atoms with Crippen LogP contribution in [0, 0.1) is 13.8 Å². The van der Waals surface area contributed by atoms with E-state index in [0.29, 0.717) is 28.2 Å². The van der Waals surface area contributed by atoms with Crippen LogP contribution in [0.4, 0.5) is 0 Å². The topological polar surface area (TPSA) is 97.7 Å². The van der Waals surface area contributed by atoms with Crippen molar-refractivity contribution in [3.63, 3.8) is 0 Å². The molecule has 0 bridgehead atoms. The number of hydrogen-bond acceptors (Lipinski definition) is 5. The van der Waals surface area contributed by atoms with Gasteiger partial charge in [0.05, 0.1) is 16.3 Å². The lowest BCUT2D eigenvalue weighted by Gasteiger charge is -2.10.